The number of benzene rings is 2. The first-order valence-corrected chi connectivity index (χ1v) is 12.3. The van der Waals surface area contributed by atoms with Gasteiger partial charge < -0.3 is 29.1 Å². The third-order valence-corrected chi connectivity index (χ3v) is 5.93. The topological polar surface area (TPSA) is 88.5 Å². The Morgan fingerprint density at radius 3 is 2.50 bits per heavy atom. The van der Waals surface area contributed by atoms with Crippen LogP contribution in [0, 0.1) is 0 Å². The number of Topliss-reactive ketones (excluding diaryl/α,β-unsaturated/α-hetero) is 1. The Balaban J connectivity index is 2.12. The van der Waals surface area contributed by atoms with Gasteiger partial charge in [0, 0.05) is 12.1 Å². The van der Waals surface area contributed by atoms with Gasteiger partial charge in [-0.05, 0) is 70.2 Å². The fraction of sp³-hybridized carbons (Fsp3) is 0.429. The Labute approximate surface area is 213 Å². The van der Waals surface area contributed by atoms with Crippen molar-refractivity contribution in [3.8, 4) is 17.2 Å². The summed E-state index contributed by atoms with van der Waals surface area (Å²) in [6.45, 7) is 6.00. The fourth-order valence-electron chi connectivity index (χ4n) is 4.25. The first kappa shape index (κ1) is 27.1. The van der Waals surface area contributed by atoms with Crippen LogP contribution in [-0.2, 0) is 9.59 Å². The summed E-state index contributed by atoms with van der Waals surface area (Å²) in [5, 5.41) is 11.3. The van der Waals surface area contributed by atoms with Gasteiger partial charge in [-0.25, -0.2) is 0 Å². The highest BCUT2D eigenvalue weighted by Crippen LogP contribution is 2.42. The molecule has 8 nitrogen and oxygen atoms in total. The van der Waals surface area contributed by atoms with E-state index < -0.39 is 17.7 Å². The van der Waals surface area contributed by atoms with E-state index in [0.717, 1.165) is 13.0 Å². The number of carbonyl (C=O) groups is 2. The zero-order valence-corrected chi connectivity index (χ0v) is 21.7. The zero-order valence-electron chi connectivity index (χ0n) is 21.7. The van der Waals surface area contributed by atoms with E-state index in [1.807, 2.05) is 32.8 Å². The molecule has 2 aromatic carbocycles. The van der Waals surface area contributed by atoms with E-state index in [0.29, 0.717) is 54.6 Å². The molecule has 1 fully saturated rings. The fourth-order valence-corrected chi connectivity index (χ4v) is 4.25. The number of amides is 1. The summed E-state index contributed by atoms with van der Waals surface area (Å²) in [5.41, 5.74) is 1.11. The molecule has 1 heterocycles. The van der Waals surface area contributed by atoms with Crippen LogP contribution >= 0.6 is 0 Å². The molecule has 1 N–H and O–H groups in total. The third kappa shape index (κ3) is 5.99. The summed E-state index contributed by atoms with van der Waals surface area (Å²) in [6.07, 6.45) is 1.51. The monoisotopic (exact) mass is 496 g/mol. The van der Waals surface area contributed by atoms with E-state index in [4.69, 9.17) is 14.2 Å². The van der Waals surface area contributed by atoms with Crippen LogP contribution in [0.25, 0.3) is 5.76 Å². The first-order chi connectivity index (χ1) is 17.3. The SMILES string of the molecule is CCCOc1cccc(/C(O)=C2\C(=O)C(=O)N(CCCN(C)C)C2c2ccc(OCC)c(OC)c2)c1. The molecule has 3 rings (SSSR count). The van der Waals surface area contributed by atoms with E-state index in [1.165, 1.54) is 12.0 Å². The van der Waals surface area contributed by atoms with Gasteiger partial charge in [-0.3, -0.25) is 9.59 Å². The van der Waals surface area contributed by atoms with Crippen molar-refractivity contribution in [3.63, 3.8) is 0 Å². The average Bonchev–Trinajstić information content (AvgIpc) is 3.12. The van der Waals surface area contributed by atoms with E-state index in [1.54, 1.807) is 42.5 Å². The molecule has 2 aromatic rings. The highest BCUT2D eigenvalue weighted by molar-refractivity contribution is 6.46. The van der Waals surface area contributed by atoms with Crippen LogP contribution in [0.4, 0.5) is 0 Å². The van der Waals surface area contributed by atoms with Crippen molar-refractivity contribution >= 4 is 17.4 Å². The number of methoxy groups -OCH3 is 1. The highest BCUT2D eigenvalue weighted by atomic mass is 16.5. The minimum Gasteiger partial charge on any atom is -0.507 e. The highest BCUT2D eigenvalue weighted by Gasteiger charge is 2.46. The first-order valence-electron chi connectivity index (χ1n) is 12.3. The van der Waals surface area contributed by atoms with Gasteiger partial charge in [-0.15, -0.1) is 0 Å². The van der Waals surface area contributed by atoms with Crippen molar-refractivity contribution in [2.45, 2.75) is 32.7 Å². The minimum atomic E-state index is -0.767. The van der Waals surface area contributed by atoms with E-state index in [-0.39, 0.29) is 11.3 Å². The minimum absolute atomic E-state index is 0.0451. The maximum absolute atomic E-state index is 13.3. The van der Waals surface area contributed by atoms with Crippen molar-refractivity contribution in [1.82, 2.24) is 9.80 Å². The zero-order chi connectivity index (χ0) is 26.2. The summed E-state index contributed by atoms with van der Waals surface area (Å²) in [5.74, 6) is 0.0579. The van der Waals surface area contributed by atoms with Gasteiger partial charge in [0.25, 0.3) is 11.7 Å². The maximum atomic E-state index is 13.3. The largest absolute Gasteiger partial charge is 0.507 e. The van der Waals surface area contributed by atoms with Crippen LogP contribution < -0.4 is 14.2 Å². The number of rotatable bonds is 12. The van der Waals surface area contributed by atoms with Gasteiger partial charge in [0.15, 0.2) is 11.5 Å². The molecule has 0 spiro atoms. The molecule has 0 bridgehead atoms. The van der Waals surface area contributed by atoms with Crippen LogP contribution in [-0.4, -0.2) is 74.1 Å². The molecule has 1 aliphatic heterocycles. The lowest BCUT2D eigenvalue weighted by atomic mass is 9.95. The third-order valence-electron chi connectivity index (χ3n) is 5.93. The number of ketones is 1. The van der Waals surface area contributed by atoms with Crippen LogP contribution in [0.15, 0.2) is 48.0 Å². The van der Waals surface area contributed by atoms with Gasteiger partial charge >= 0.3 is 0 Å². The Morgan fingerprint density at radius 1 is 1.06 bits per heavy atom. The van der Waals surface area contributed by atoms with Crippen LogP contribution in [0.1, 0.15) is 43.9 Å². The van der Waals surface area contributed by atoms with Crippen molar-refractivity contribution in [2.24, 2.45) is 0 Å². The number of nitrogens with zero attached hydrogens (tertiary/aromatic N) is 2. The number of aliphatic hydroxyl groups is 1. The predicted octanol–water partition coefficient (Wildman–Crippen LogP) is 4.26. The lowest BCUT2D eigenvalue weighted by molar-refractivity contribution is -0.139. The number of ether oxygens (including phenoxy) is 3. The average molecular weight is 497 g/mol. The lowest BCUT2D eigenvalue weighted by Gasteiger charge is -2.26. The van der Waals surface area contributed by atoms with Crippen LogP contribution in [0.2, 0.25) is 0 Å². The summed E-state index contributed by atoms with van der Waals surface area (Å²) < 4.78 is 16.9. The molecule has 0 saturated carbocycles. The van der Waals surface area contributed by atoms with Gasteiger partial charge in [0.05, 0.1) is 31.9 Å². The predicted molar refractivity (Wildman–Crippen MR) is 139 cm³/mol. The molecule has 1 aliphatic rings. The molecular formula is C28H36N2O6. The number of likely N-dealkylation sites (tertiary alicyclic amines) is 1. The Morgan fingerprint density at radius 2 is 1.83 bits per heavy atom. The summed E-state index contributed by atoms with van der Waals surface area (Å²) in [7, 11) is 5.45. The molecule has 194 valence electrons. The summed E-state index contributed by atoms with van der Waals surface area (Å²) >= 11 is 0. The molecule has 1 unspecified atom stereocenters. The van der Waals surface area contributed by atoms with Gasteiger partial charge in [0.1, 0.15) is 11.5 Å². The molecule has 1 atom stereocenters. The van der Waals surface area contributed by atoms with Crippen LogP contribution in [0.3, 0.4) is 0 Å². The van der Waals surface area contributed by atoms with Crippen molar-refractivity contribution in [1.29, 1.82) is 0 Å². The smallest absolute Gasteiger partial charge is 0.295 e. The van der Waals surface area contributed by atoms with Crippen LogP contribution in [0.5, 0.6) is 17.2 Å². The number of aliphatic hydroxyl groups excluding tert-OH is 1. The molecular weight excluding hydrogens is 460 g/mol. The molecule has 1 amide bonds. The molecule has 0 aliphatic carbocycles. The second-order valence-corrected chi connectivity index (χ2v) is 8.87. The summed E-state index contributed by atoms with van der Waals surface area (Å²) in [6, 6.07) is 11.5. The van der Waals surface area contributed by atoms with E-state index in [9.17, 15) is 14.7 Å². The van der Waals surface area contributed by atoms with E-state index >= 15 is 0 Å². The standard InChI is InChI=1S/C28H36N2O6/c1-6-16-36-21-11-8-10-20(17-21)26(31)24-25(19-12-13-22(35-7-2)23(18-19)34-5)30(28(33)27(24)32)15-9-14-29(3)4/h8,10-13,17-18,25,31H,6-7,9,14-16H2,1-5H3/b26-24+. The number of carbonyl (C=O) groups excluding carboxylic acids is 2. The summed E-state index contributed by atoms with van der Waals surface area (Å²) in [4.78, 5) is 30.0. The number of hydrogen-bond acceptors (Lipinski definition) is 7. The van der Waals surface area contributed by atoms with Gasteiger partial charge in [0.2, 0.25) is 0 Å². The van der Waals surface area contributed by atoms with Gasteiger partial charge in [-0.2, -0.15) is 0 Å². The second kappa shape index (κ2) is 12.4. The maximum Gasteiger partial charge on any atom is 0.295 e. The van der Waals surface area contributed by atoms with Crippen molar-refractivity contribution < 1.29 is 28.9 Å². The molecule has 1 saturated heterocycles. The Bertz CT molecular complexity index is 1110. The van der Waals surface area contributed by atoms with Crippen molar-refractivity contribution in [3.05, 3.63) is 59.2 Å². The molecule has 0 aromatic heterocycles. The molecule has 0 radical (unpaired) electrons. The van der Waals surface area contributed by atoms with E-state index in [2.05, 4.69) is 0 Å². The quantitative estimate of drug-likeness (QED) is 0.267. The number of hydrogen-bond donors (Lipinski definition) is 1. The molecule has 36 heavy (non-hydrogen) atoms. The Hall–Kier alpha value is -3.52. The lowest BCUT2D eigenvalue weighted by Crippen LogP contribution is -2.32. The second-order valence-electron chi connectivity index (χ2n) is 8.87. The normalized spacial score (nSPS) is 17.1. The Kier molecular flexibility index (Phi) is 9.36. The van der Waals surface area contributed by atoms with Gasteiger partial charge in [-0.1, -0.05) is 25.1 Å². The molecule has 8 heteroatoms. The van der Waals surface area contributed by atoms with Crippen molar-refractivity contribution in [2.75, 3.05) is 47.5 Å².